The van der Waals surface area contributed by atoms with Crippen molar-refractivity contribution in [1.29, 1.82) is 0 Å². The Balaban J connectivity index is 4.34. The van der Waals surface area contributed by atoms with Gasteiger partial charge in [-0.2, -0.15) is 12.6 Å². The average Bonchev–Trinajstić information content (AvgIpc) is 1.79. The van der Waals surface area contributed by atoms with E-state index in [-0.39, 0.29) is 0 Å². The summed E-state index contributed by atoms with van der Waals surface area (Å²) in [5, 5.41) is 10.7. The molecule has 1 amide bonds. The molecule has 0 aromatic carbocycles. The van der Waals surface area contributed by atoms with Gasteiger partial charge < -0.3 is 10.4 Å². The van der Waals surface area contributed by atoms with Crippen molar-refractivity contribution in [2.24, 2.45) is 0 Å². The number of carboxylic acid groups (broad SMARTS) is 1. The van der Waals surface area contributed by atoms with Gasteiger partial charge in [-0.1, -0.05) is 0 Å². The van der Waals surface area contributed by atoms with E-state index in [0.717, 1.165) is 0 Å². The van der Waals surface area contributed by atoms with Crippen LogP contribution in [0.3, 0.4) is 0 Å². The van der Waals surface area contributed by atoms with Crippen LogP contribution in [0.5, 0.6) is 0 Å². The molecular weight excluding hydrogens is 166 g/mol. The summed E-state index contributed by atoms with van der Waals surface area (Å²) < 4.78 is -0.757. The fraction of sp³-hybridized carbons (Fsp3) is 0.667. The first-order valence-electron chi connectivity index (χ1n) is 3.04. The van der Waals surface area contributed by atoms with Crippen molar-refractivity contribution < 1.29 is 14.7 Å². The van der Waals surface area contributed by atoms with Gasteiger partial charge in [0.05, 0.1) is 0 Å². The van der Waals surface area contributed by atoms with Crippen LogP contribution in [-0.2, 0) is 9.59 Å². The molecule has 11 heavy (non-hydrogen) atoms. The van der Waals surface area contributed by atoms with E-state index in [4.69, 9.17) is 5.11 Å². The van der Waals surface area contributed by atoms with Crippen molar-refractivity contribution >= 4 is 25.0 Å². The zero-order chi connectivity index (χ0) is 9.07. The lowest BCUT2D eigenvalue weighted by Crippen LogP contribution is -2.48. The summed E-state index contributed by atoms with van der Waals surface area (Å²) >= 11 is 4.02. The number of aliphatic carboxylic acids is 1. The summed E-state index contributed by atoms with van der Waals surface area (Å²) in [5.74, 6) is -1.09. The molecule has 1 atom stereocenters. The maximum atomic E-state index is 10.5. The topological polar surface area (TPSA) is 66.4 Å². The van der Waals surface area contributed by atoms with Crippen LogP contribution in [0, 0.1) is 0 Å². The van der Waals surface area contributed by atoms with Crippen LogP contribution in [0.4, 0.5) is 0 Å². The van der Waals surface area contributed by atoms with E-state index < -0.39 is 16.8 Å². The van der Waals surface area contributed by atoms with E-state index in [9.17, 15) is 9.59 Å². The maximum absolute atomic E-state index is 10.5. The summed E-state index contributed by atoms with van der Waals surface area (Å²) in [4.78, 5) is 20.4. The van der Waals surface area contributed by atoms with E-state index in [1.807, 2.05) is 0 Å². The van der Waals surface area contributed by atoms with Gasteiger partial charge >= 0.3 is 5.97 Å². The summed E-state index contributed by atoms with van der Waals surface area (Å²) in [5.41, 5.74) is 0. The summed E-state index contributed by atoms with van der Waals surface area (Å²) in [7, 11) is 0. The van der Waals surface area contributed by atoms with Gasteiger partial charge in [-0.05, 0) is 13.8 Å². The van der Waals surface area contributed by atoms with E-state index in [0.29, 0.717) is 6.41 Å². The van der Waals surface area contributed by atoms with Gasteiger partial charge in [-0.3, -0.25) is 4.79 Å². The van der Waals surface area contributed by atoms with E-state index in [1.54, 1.807) is 13.8 Å². The number of carbonyl (C=O) groups excluding carboxylic acids is 1. The van der Waals surface area contributed by atoms with Gasteiger partial charge in [0.25, 0.3) is 0 Å². The molecule has 2 N–H and O–H groups in total. The predicted molar refractivity (Wildman–Crippen MR) is 43.7 cm³/mol. The molecular formula is C6H11NO3S. The zero-order valence-corrected chi connectivity index (χ0v) is 7.26. The van der Waals surface area contributed by atoms with Gasteiger partial charge in [-0.25, -0.2) is 4.79 Å². The molecule has 0 fully saturated rings. The van der Waals surface area contributed by atoms with Crippen molar-refractivity contribution in [3.8, 4) is 0 Å². The lowest BCUT2D eigenvalue weighted by atomic mass is 10.0. The smallest absolute Gasteiger partial charge is 0.327 e. The number of thiol groups is 1. The molecule has 0 spiro atoms. The van der Waals surface area contributed by atoms with Gasteiger partial charge in [-0.15, -0.1) is 0 Å². The molecule has 0 bridgehead atoms. The Morgan fingerprint density at radius 1 is 1.73 bits per heavy atom. The molecule has 0 saturated carbocycles. The number of hydrogen-bond donors (Lipinski definition) is 3. The molecule has 1 unspecified atom stereocenters. The standard InChI is InChI=1S/C6H11NO3S/c1-6(2,11)4(5(9)10)7-3-8/h3-4,11H,1-2H3,(H,7,8)(H,9,10). The van der Waals surface area contributed by atoms with Crippen molar-refractivity contribution in [3.63, 3.8) is 0 Å². The second-order valence-corrected chi connectivity index (χ2v) is 3.86. The quantitative estimate of drug-likeness (QED) is 0.415. The van der Waals surface area contributed by atoms with Gasteiger partial charge in [0, 0.05) is 4.75 Å². The summed E-state index contributed by atoms with van der Waals surface area (Å²) in [6.07, 6.45) is 0.358. The van der Waals surface area contributed by atoms with Gasteiger partial charge in [0.2, 0.25) is 6.41 Å². The molecule has 0 radical (unpaired) electrons. The molecule has 0 saturated heterocycles. The highest BCUT2D eigenvalue weighted by molar-refractivity contribution is 7.81. The summed E-state index contributed by atoms with van der Waals surface area (Å²) in [6, 6.07) is -0.955. The second kappa shape index (κ2) is 3.61. The average molecular weight is 177 g/mol. The largest absolute Gasteiger partial charge is 0.480 e. The van der Waals surface area contributed by atoms with E-state index in [2.05, 4.69) is 17.9 Å². The number of hydrogen-bond acceptors (Lipinski definition) is 3. The number of carboxylic acids is 1. The Labute approximate surface area is 70.4 Å². The van der Waals surface area contributed by atoms with Crippen LogP contribution in [-0.4, -0.2) is 28.3 Å². The Morgan fingerprint density at radius 2 is 2.18 bits per heavy atom. The minimum absolute atomic E-state index is 0.358. The van der Waals surface area contributed by atoms with Crippen LogP contribution in [0.1, 0.15) is 13.8 Å². The molecule has 0 rings (SSSR count). The highest BCUT2D eigenvalue weighted by atomic mass is 32.1. The molecule has 0 aliphatic heterocycles. The van der Waals surface area contributed by atoms with Crippen LogP contribution >= 0.6 is 12.6 Å². The van der Waals surface area contributed by atoms with Crippen molar-refractivity contribution in [3.05, 3.63) is 0 Å². The first kappa shape index (κ1) is 10.3. The third-order valence-corrected chi connectivity index (χ3v) is 1.45. The fourth-order valence-electron chi connectivity index (χ4n) is 0.645. The third-order valence-electron chi connectivity index (χ3n) is 1.19. The molecule has 5 heteroatoms. The predicted octanol–water partition coefficient (Wildman–Crippen LogP) is -0.106. The molecule has 4 nitrogen and oxygen atoms in total. The molecule has 0 aromatic heterocycles. The second-order valence-electron chi connectivity index (χ2n) is 2.71. The van der Waals surface area contributed by atoms with Crippen molar-refractivity contribution in [2.45, 2.75) is 24.6 Å². The summed E-state index contributed by atoms with van der Waals surface area (Å²) in [6.45, 7) is 3.23. The Morgan fingerprint density at radius 3 is 2.27 bits per heavy atom. The zero-order valence-electron chi connectivity index (χ0n) is 6.37. The maximum Gasteiger partial charge on any atom is 0.327 e. The van der Waals surface area contributed by atoms with E-state index >= 15 is 0 Å². The van der Waals surface area contributed by atoms with Crippen LogP contribution < -0.4 is 5.32 Å². The van der Waals surface area contributed by atoms with Crippen molar-refractivity contribution in [1.82, 2.24) is 5.32 Å². The Bertz CT molecular complexity index is 164. The van der Waals surface area contributed by atoms with Gasteiger partial charge in [0.1, 0.15) is 6.04 Å². The molecule has 0 heterocycles. The lowest BCUT2D eigenvalue weighted by molar-refractivity contribution is -0.141. The first-order chi connectivity index (χ1) is 4.89. The number of carbonyl (C=O) groups is 2. The normalized spacial score (nSPS) is 13.7. The van der Waals surface area contributed by atoms with Crippen LogP contribution in [0.25, 0.3) is 0 Å². The van der Waals surface area contributed by atoms with Gasteiger partial charge in [0.15, 0.2) is 0 Å². The highest BCUT2D eigenvalue weighted by Crippen LogP contribution is 2.17. The first-order valence-corrected chi connectivity index (χ1v) is 3.49. The molecule has 64 valence electrons. The Hall–Kier alpha value is -0.710. The fourth-order valence-corrected chi connectivity index (χ4v) is 0.830. The highest BCUT2D eigenvalue weighted by Gasteiger charge is 2.31. The SMILES string of the molecule is CC(C)(S)C(NC=O)C(=O)O. The minimum atomic E-state index is -1.09. The lowest BCUT2D eigenvalue weighted by Gasteiger charge is -2.24. The molecule has 0 aromatic rings. The minimum Gasteiger partial charge on any atom is -0.480 e. The number of rotatable bonds is 4. The van der Waals surface area contributed by atoms with E-state index in [1.165, 1.54) is 0 Å². The number of amides is 1. The van der Waals surface area contributed by atoms with Crippen LogP contribution in [0.2, 0.25) is 0 Å². The monoisotopic (exact) mass is 177 g/mol. The third kappa shape index (κ3) is 3.27. The molecule has 0 aliphatic carbocycles. The van der Waals surface area contributed by atoms with Crippen LogP contribution in [0.15, 0.2) is 0 Å². The molecule has 0 aliphatic rings. The Kier molecular flexibility index (Phi) is 3.38. The van der Waals surface area contributed by atoms with Crippen molar-refractivity contribution in [2.75, 3.05) is 0 Å². The number of nitrogens with one attached hydrogen (secondary N) is 1.